The Kier molecular flexibility index (Phi) is 7.11. The number of rotatable bonds is 11. The van der Waals surface area contributed by atoms with Crippen molar-refractivity contribution < 1.29 is 28.5 Å². The molecule has 216 valence electrons. The van der Waals surface area contributed by atoms with Crippen LogP contribution in [0.3, 0.4) is 0 Å². The first-order chi connectivity index (χ1) is 19.8. The number of aryl methyl sites for hydroxylation is 3. The van der Waals surface area contributed by atoms with Crippen molar-refractivity contribution in [2.75, 3.05) is 20.8 Å². The summed E-state index contributed by atoms with van der Waals surface area (Å²) in [5.74, 6) is 0.636. The van der Waals surface area contributed by atoms with E-state index in [9.17, 15) is 9.90 Å². The molecule has 1 N–H and O–H groups in total. The van der Waals surface area contributed by atoms with Crippen LogP contribution in [-0.2, 0) is 41.7 Å². The van der Waals surface area contributed by atoms with Crippen molar-refractivity contribution >= 4 is 16.9 Å². The van der Waals surface area contributed by atoms with E-state index in [1.165, 1.54) is 13.2 Å². The number of fused-ring (bicyclic) bond motifs is 1. The van der Waals surface area contributed by atoms with Gasteiger partial charge in [-0.2, -0.15) is 5.10 Å². The Balaban J connectivity index is 1.48. The van der Waals surface area contributed by atoms with E-state index >= 15 is 4.39 Å². The van der Waals surface area contributed by atoms with Crippen molar-refractivity contribution in [1.82, 2.24) is 14.3 Å². The molecule has 0 aliphatic heterocycles. The van der Waals surface area contributed by atoms with E-state index in [1.807, 2.05) is 31.2 Å². The number of aromatic nitrogens is 3. The van der Waals surface area contributed by atoms with E-state index in [0.717, 1.165) is 58.8 Å². The van der Waals surface area contributed by atoms with Gasteiger partial charge in [-0.15, -0.1) is 0 Å². The summed E-state index contributed by atoms with van der Waals surface area (Å²) in [4.78, 5) is 12.9. The van der Waals surface area contributed by atoms with Crippen LogP contribution in [0.25, 0.3) is 22.0 Å². The summed E-state index contributed by atoms with van der Waals surface area (Å²) in [5.41, 5.74) is 5.37. The lowest BCUT2D eigenvalue weighted by Gasteiger charge is -2.61. The van der Waals surface area contributed by atoms with Gasteiger partial charge in [0.15, 0.2) is 0 Å². The monoisotopic (exact) mass is 561 g/mol. The van der Waals surface area contributed by atoms with E-state index in [2.05, 4.69) is 4.68 Å². The van der Waals surface area contributed by atoms with Gasteiger partial charge in [0.2, 0.25) is 0 Å². The number of hydrogen-bond donors (Lipinski definition) is 1. The van der Waals surface area contributed by atoms with Crippen molar-refractivity contribution in [2.45, 2.75) is 57.8 Å². The summed E-state index contributed by atoms with van der Waals surface area (Å²) in [6, 6.07) is 10.9. The highest BCUT2D eigenvalue weighted by atomic mass is 19.1. The molecule has 8 nitrogen and oxygen atoms in total. The molecular formula is C32H36FN3O5. The lowest BCUT2D eigenvalue weighted by atomic mass is 9.50. The minimum atomic E-state index is -0.493. The molecule has 0 atom stereocenters. The van der Waals surface area contributed by atoms with Crippen LogP contribution in [-0.4, -0.2) is 46.2 Å². The molecule has 3 fully saturated rings. The average Bonchev–Trinajstić information content (AvgIpc) is 3.38. The van der Waals surface area contributed by atoms with Crippen LogP contribution in [0.4, 0.5) is 4.39 Å². The van der Waals surface area contributed by atoms with E-state index in [0.29, 0.717) is 41.8 Å². The molecule has 0 radical (unpaired) electrons. The molecule has 0 amide bonds. The zero-order chi connectivity index (χ0) is 28.9. The highest BCUT2D eigenvalue weighted by Gasteiger charge is 2.59. The van der Waals surface area contributed by atoms with E-state index < -0.39 is 5.97 Å². The molecule has 0 unspecified atom stereocenters. The molecule has 2 heterocycles. The number of carbonyl (C=O) groups excluding carboxylic acids is 1. The second kappa shape index (κ2) is 10.6. The predicted octanol–water partition coefficient (Wildman–Crippen LogP) is 5.44. The molecule has 2 aromatic carbocycles. The fourth-order valence-corrected chi connectivity index (χ4v) is 6.81. The minimum Gasteiger partial charge on any atom is -0.497 e. The molecular weight excluding hydrogens is 525 g/mol. The third kappa shape index (κ3) is 4.42. The van der Waals surface area contributed by atoms with Crippen molar-refractivity contribution in [3.05, 3.63) is 70.4 Å². The smallest absolute Gasteiger partial charge is 0.354 e. The number of carbonyl (C=O) groups is 1. The zero-order valence-electron chi connectivity index (χ0n) is 24.0. The van der Waals surface area contributed by atoms with Crippen molar-refractivity contribution in [3.8, 4) is 16.9 Å². The highest BCUT2D eigenvalue weighted by Crippen LogP contribution is 2.63. The second-order valence-electron chi connectivity index (χ2n) is 11.4. The Labute approximate surface area is 238 Å². The Morgan fingerprint density at radius 3 is 2.44 bits per heavy atom. The number of nitrogens with zero attached hydrogens (tertiary/aromatic N) is 3. The van der Waals surface area contributed by atoms with E-state index in [4.69, 9.17) is 19.3 Å². The van der Waals surface area contributed by atoms with Crippen LogP contribution in [0.15, 0.2) is 36.4 Å². The first-order valence-corrected chi connectivity index (χ1v) is 14.1. The number of aliphatic hydroxyl groups excluding tert-OH is 1. The molecule has 2 bridgehead atoms. The fraction of sp³-hybridized carbons (Fsp3) is 0.438. The molecule has 3 aliphatic rings. The first kappa shape index (κ1) is 27.5. The molecule has 2 aromatic heterocycles. The Hall–Kier alpha value is -3.69. The van der Waals surface area contributed by atoms with Crippen LogP contribution in [0, 0.1) is 18.7 Å². The van der Waals surface area contributed by atoms with Gasteiger partial charge in [-0.25, -0.2) is 9.18 Å². The third-order valence-corrected chi connectivity index (χ3v) is 8.90. The molecule has 3 aliphatic carbocycles. The molecule has 0 saturated heterocycles. The summed E-state index contributed by atoms with van der Waals surface area (Å²) in [6.45, 7) is 2.54. The van der Waals surface area contributed by atoms with E-state index in [1.54, 1.807) is 24.8 Å². The highest BCUT2D eigenvalue weighted by molar-refractivity contribution is 6.05. The molecule has 9 heteroatoms. The first-order valence-electron chi connectivity index (χ1n) is 14.1. The molecule has 3 saturated carbocycles. The number of halogens is 1. The summed E-state index contributed by atoms with van der Waals surface area (Å²) in [7, 11) is 4.74. The van der Waals surface area contributed by atoms with Crippen molar-refractivity contribution in [1.29, 1.82) is 0 Å². The number of ether oxygens (including phenoxy) is 3. The minimum absolute atomic E-state index is 0.0182. The summed E-state index contributed by atoms with van der Waals surface area (Å²) in [5, 5.41) is 15.3. The van der Waals surface area contributed by atoms with Crippen molar-refractivity contribution in [3.63, 3.8) is 0 Å². The van der Waals surface area contributed by atoms with Crippen LogP contribution in [0.5, 0.6) is 5.75 Å². The maximum absolute atomic E-state index is 16.0. The molecule has 4 aromatic rings. The normalized spacial score (nSPS) is 19.2. The van der Waals surface area contributed by atoms with Crippen LogP contribution < -0.4 is 4.74 Å². The number of hydrogen-bond acceptors (Lipinski definition) is 6. The van der Waals surface area contributed by atoms with Gasteiger partial charge in [-0.1, -0.05) is 12.1 Å². The largest absolute Gasteiger partial charge is 0.497 e. The average molecular weight is 562 g/mol. The quantitative estimate of drug-likeness (QED) is 0.246. The van der Waals surface area contributed by atoms with Gasteiger partial charge >= 0.3 is 5.97 Å². The maximum Gasteiger partial charge on any atom is 0.354 e. The summed E-state index contributed by atoms with van der Waals surface area (Å²) < 4.78 is 36.5. The van der Waals surface area contributed by atoms with Crippen LogP contribution in [0.1, 0.15) is 58.7 Å². The van der Waals surface area contributed by atoms with Gasteiger partial charge in [0.1, 0.15) is 17.3 Å². The van der Waals surface area contributed by atoms with E-state index in [-0.39, 0.29) is 24.6 Å². The van der Waals surface area contributed by atoms with Gasteiger partial charge in [0, 0.05) is 30.2 Å². The Morgan fingerprint density at radius 2 is 1.83 bits per heavy atom. The summed E-state index contributed by atoms with van der Waals surface area (Å²) >= 11 is 0. The van der Waals surface area contributed by atoms with Gasteiger partial charge in [0.25, 0.3) is 0 Å². The van der Waals surface area contributed by atoms with Gasteiger partial charge in [-0.05, 0) is 80.3 Å². The van der Waals surface area contributed by atoms with Crippen LogP contribution >= 0.6 is 0 Å². The third-order valence-electron chi connectivity index (χ3n) is 8.90. The van der Waals surface area contributed by atoms with Gasteiger partial charge in [-0.3, -0.25) is 4.68 Å². The van der Waals surface area contributed by atoms with Gasteiger partial charge in [0.05, 0.1) is 49.9 Å². The summed E-state index contributed by atoms with van der Waals surface area (Å²) in [6.07, 6.45) is 4.17. The lowest BCUT2D eigenvalue weighted by molar-refractivity contribution is -0.102. The fourth-order valence-electron chi connectivity index (χ4n) is 6.81. The second-order valence-corrected chi connectivity index (χ2v) is 11.4. The zero-order valence-corrected chi connectivity index (χ0v) is 24.0. The predicted molar refractivity (Wildman–Crippen MR) is 152 cm³/mol. The maximum atomic E-state index is 16.0. The lowest BCUT2D eigenvalue weighted by Crippen LogP contribution is -2.60. The van der Waals surface area contributed by atoms with Crippen LogP contribution in [0.2, 0.25) is 0 Å². The Morgan fingerprint density at radius 1 is 1.10 bits per heavy atom. The van der Waals surface area contributed by atoms with Crippen molar-refractivity contribution in [2.24, 2.45) is 13.0 Å². The number of methoxy groups -OCH3 is 2. The number of benzene rings is 2. The molecule has 41 heavy (non-hydrogen) atoms. The number of aliphatic hydroxyl groups is 1. The molecule has 0 spiro atoms. The number of esters is 1. The standard InChI is InChI=1S/C32H36FN3O5/c1-19-27(28-25(33)12-11-24-23(6-5-13-37)30(31(38)40-4)35(2)29(24)28)26(36(34-19)32-14-21(15-32)16-32)18-41-17-20-7-9-22(39-3)10-8-20/h7-12,21,37H,5-6,13-18H2,1-4H3. The topological polar surface area (TPSA) is 87.7 Å². The Bertz CT molecular complexity index is 1600. The molecule has 7 rings (SSSR count). The van der Waals surface area contributed by atoms with Gasteiger partial charge < -0.3 is 23.9 Å². The SMILES string of the molecule is COC(=O)c1c(CCCO)c2ccc(F)c(-c3c(C)nn(C45CC(C4)C5)c3COCc3ccc(OC)cc3)c2n1C.